The Bertz CT molecular complexity index is 786. The van der Waals surface area contributed by atoms with E-state index >= 15 is 0 Å². The number of carbonyl (C=O) groups is 1. The van der Waals surface area contributed by atoms with Gasteiger partial charge in [-0.3, -0.25) is 9.78 Å². The maximum absolute atomic E-state index is 13.3. The molecule has 120 valence electrons. The molecule has 2 aromatic rings. The van der Waals surface area contributed by atoms with Crippen molar-refractivity contribution in [3.05, 3.63) is 41.1 Å². The van der Waals surface area contributed by atoms with E-state index in [2.05, 4.69) is 6.92 Å². The summed E-state index contributed by atoms with van der Waals surface area (Å²) < 4.78 is 0. The molecule has 1 aromatic carbocycles. The molecule has 4 rings (SSSR count). The third-order valence-electron chi connectivity index (χ3n) is 5.47. The van der Waals surface area contributed by atoms with Crippen LogP contribution in [0.3, 0.4) is 0 Å². The van der Waals surface area contributed by atoms with E-state index in [1.807, 2.05) is 29.2 Å². The second kappa shape index (κ2) is 5.31. The Kier molecular flexibility index (Phi) is 3.38. The van der Waals surface area contributed by atoms with Crippen LogP contribution in [0.15, 0.2) is 24.3 Å². The predicted molar refractivity (Wildman–Crippen MR) is 91.4 cm³/mol. The van der Waals surface area contributed by atoms with Gasteiger partial charge >= 0.3 is 0 Å². The Labute approximate surface area is 136 Å². The number of nitrogens with two attached hydrogens (primary N) is 1. The van der Waals surface area contributed by atoms with Gasteiger partial charge in [0.1, 0.15) is 0 Å². The number of likely N-dealkylation sites (tertiary alicyclic amines) is 1. The number of carbonyl (C=O) groups excluding carboxylic acids is 1. The smallest absolute Gasteiger partial charge is 0.254 e. The van der Waals surface area contributed by atoms with Gasteiger partial charge in [0.05, 0.1) is 11.1 Å². The second-order valence-electron chi connectivity index (χ2n) is 7.27. The molecule has 1 atom stereocenters. The molecular formula is C19H23N3O. The van der Waals surface area contributed by atoms with E-state index in [9.17, 15) is 4.79 Å². The van der Waals surface area contributed by atoms with E-state index in [-0.39, 0.29) is 11.3 Å². The highest BCUT2D eigenvalue weighted by atomic mass is 16.2. The van der Waals surface area contributed by atoms with Gasteiger partial charge in [0, 0.05) is 24.2 Å². The van der Waals surface area contributed by atoms with E-state index in [4.69, 9.17) is 10.7 Å². The van der Waals surface area contributed by atoms with E-state index < -0.39 is 0 Å². The highest BCUT2D eigenvalue weighted by molar-refractivity contribution is 6.08. The molecule has 1 amide bonds. The Morgan fingerprint density at radius 1 is 1.35 bits per heavy atom. The molecule has 4 heteroatoms. The van der Waals surface area contributed by atoms with Crippen molar-refractivity contribution in [3.63, 3.8) is 0 Å². The van der Waals surface area contributed by atoms with Crippen LogP contribution in [-0.4, -0.2) is 35.4 Å². The Morgan fingerprint density at radius 3 is 2.96 bits per heavy atom. The number of fused-ring (bicyclic) bond motifs is 2. The minimum atomic E-state index is 0.0572. The molecule has 0 bridgehead atoms. The number of para-hydroxylation sites is 1. The molecule has 1 saturated heterocycles. The van der Waals surface area contributed by atoms with Gasteiger partial charge in [-0.25, -0.2) is 0 Å². The molecule has 0 saturated carbocycles. The molecule has 1 fully saturated rings. The van der Waals surface area contributed by atoms with Crippen molar-refractivity contribution in [2.24, 2.45) is 11.1 Å². The van der Waals surface area contributed by atoms with Crippen molar-refractivity contribution in [2.75, 3.05) is 19.6 Å². The Morgan fingerprint density at radius 2 is 2.17 bits per heavy atom. The summed E-state index contributed by atoms with van der Waals surface area (Å²) in [6.07, 6.45) is 4.04. The Hall–Kier alpha value is -1.94. The van der Waals surface area contributed by atoms with Gasteiger partial charge < -0.3 is 10.6 Å². The number of benzene rings is 1. The molecule has 1 aromatic heterocycles. The van der Waals surface area contributed by atoms with Gasteiger partial charge in [0.2, 0.25) is 0 Å². The van der Waals surface area contributed by atoms with Crippen LogP contribution in [0.1, 0.15) is 41.4 Å². The lowest BCUT2D eigenvalue weighted by atomic mass is 9.90. The average molecular weight is 309 g/mol. The summed E-state index contributed by atoms with van der Waals surface area (Å²) in [5, 5.41) is 1.000. The highest BCUT2D eigenvalue weighted by Gasteiger charge is 2.37. The first-order valence-electron chi connectivity index (χ1n) is 8.51. The number of aromatic nitrogens is 1. The maximum atomic E-state index is 13.3. The average Bonchev–Trinajstić information content (AvgIpc) is 3.19. The lowest BCUT2D eigenvalue weighted by molar-refractivity contribution is 0.0778. The molecule has 2 aliphatic rings. The fourth-order valence-electron chi connectivity index (χ4n) is 3.98. The van der Waals surface area contributed by atoms with Crippen LogP contribution in [0.25, 0.3) is 10.9 Å². The molecule has 23 heavy (non-hydrogen) atoms. The van der Waals surface area contributed by atoms with Crippen LogP contribution in [0.2, 0.25) is 0 Å². The first-order valence-corrected chi connectivity index (χ1v) is 8.51. The summed E-state index contributed by atoms with van der Waals surface area (Å²) in [5.41, 5.74) is 10.1. The first kappa shape index (κ1) is 14.6. The molecule has 0 spiro atoms. The van der Waals surface area contributed by atoms with Crippen molar-refractivity contribution in [3.8, 4) is 0 Å². The largest absolute Gasteiger partial charge is 0.338 e. The topological polar surface area (TPSA) is 59.2 Å². The van der Waals surface area contributed by atoms with Gasteiger partial charge in [0.25, 0.3) is 5.91 Å². The predicted octanol–water partition coefficient (Wildman–Crippen LogP) is 2.53. The molecular weight excluding hydrogens is 286 g/mol. The van der Waals surface area contributed by atoms with Crippen molar-refractivity contribution in [2.45, 2.75) is 32.6 Å². The van der Waals surface area contributed by atoms with E-state index in [0.29, 0.717) is 6.54 Å². The van der Waals surface area contributed by atoms with Crippen LogP contribution in [0.4, 0.5) is 0 Å². The van der Waals surface area contributed by atoms with Gasteiger partial charge in [0.15, 0.2) is 0 Å². The van der Waals surface area contributed by atoms with Gasteiger partial charge in [-0.2, -0.15) is 0 Å². The summed E-state index contributed by atoms with van der Waals surface area (Å²) in [6.45, 7) is 4.37. The quantitative estimate of drug-likeness (QED) is 0.927. The SMILES string of the molecule is CC1(CN)CCN(C(=O)c2c3c(nc4ccccc24)CCC3)C1. The number of rotatable bonds is 2. The van der Waals surface area contributed by atoms with E-state index in [1.54, 1.807) is 0 Å². The number of hydrogen-bond acceptors (Lipinski definition) is 3. The van der Waals surface area contributed by atoms with Crippen LogP contribution in [-0.2, 0) is 12.8 Å². The number of hydrogen-bond donors (Lipinski definition) is 1. The molecule has 0 radical (unpaired) electrons. The number of pyridine rings is 1. The lowest BCUT2D eigenvalue weighted by Crippen LogP contribution is -2.35. The molecule has 1 unspecified atom stereocenters. The van der Waals surface area contributed by atoms with Crippen molar-refractivity contribution < 1.29 is 4.79 Å². The molecule has 2 heterocycles. The third-order valence-corrected chi connectivity index (χ3v) is 5.47. The minimum Gasteiger partial charge on any atom is -0.338 e. The van der Waals surface area contributed by atoms with Crippen LogP contribution in [0.5, 0.6) is 0 Å². The zero-order valence-electron chi connectivity index (χ0n) is 13.6. The van der Waals surface area contributed by atoms with Gasteiger partial charge in [-0.1, -0.05) is 25.1 Å². The van der Waals surface area contributed by atoms with Crippen LogP contribution < -0.4 is 5.73 Å². The zero-order valence-corrected chi connectivity index (χ0v) is 13.6. The molecule has 1 aliphatic heterocycles. The second-order valence-corrected chi connectivity index (χ2v) is 7.27. The summed E-state index contributed by atoms with van der Waals surface area (Å²) in [5.74, 6) is 0.166. The molecule has 1 aliphatic carbocycles. The third kappa shape index (κ3) is 2.32. The minimum absolute atomic E-state index is 0.0572. The lowest BCUT2D eigenvalue weighted by Gasteiger charge is -2.24. The fourth-order valence-corrected chi connectivity index (χ4v) is 3.98. The highest BCUT2D eigenvalue weighted by Crippen LogP contribution is 2.34. The van der Waals surface area contributed by atoms with Gasteiger partial charge in [-0.15, -0.1) is 0 Å². The summed E-state index contributed by atoms with van der Waals surface area (Å²) in [7, 11) is 0. The van der Waals surface area contributed by atoms with Crippen molar-refractivity contribution in [1.29, 1.82) is 0 Å². The van der Waals surface area contributed by atoms with Crippen LogP contribution in [0, 0.1) is 5.41 Å². The fraction of sp³-hybridized carbons (Fsp3) is 0.474. The number of nitrogens with zero attached hydrogens (tertiary/aromatic N) is 2. The van der Waals surface area contributed by atoms with E-state index in [0.717, 1.165) is 60.9 Å². The first-order chi connectivity index (χ1) is 11.1. The standard InChI is InChI=1S/C19H23N3O/c1-19(11-20)9-10-22(12-19)18(23)17-13-5-2-3-7-15(13)21-16-8-4-6-14(16)17/h2-3,5,7H,4,6,8-12,20H2,1H3. The zero-order chi connectivity index (χ0) is 16.0. The monoisotopic (exact) mass is 309 g/mol. The molecule has 4 nitrogen and oxygen atoms in total. The Balaban J connectivity index is 1.81. The summed E-state index contributed by atoms with van der Waals surface area (Å²) in [4.78, 5) is 20.1. The summed E-state index contributed by atoms with van der Waals surface area (Å²) in [6, 6.07) is 8.04. The van der Waals surface area contributed by atoms with Crippen molar-refractivity contribution in [1.82, 2.24) is 9.88 Å². The summed E-state index contributed by atoms with van der Waals surface area (Å²) >= 11 is 0. The normalized spacial score (nSPS) is 23.5. The van der Waals surface area contributed by atoms with Crippen LogP contribution >= 0.6 is 0 Å². The maximum Gasteiger partial charge on any atom is 0.254 e. The molecule has 2 N–H and O–H groups in total. The number of aryl methyl sites for hydroxylation is 1. The van der Waals surface area contributed by atoms with E-state index in [1.165, 1.54) is 5.56 Å². The van der Waals surface area contributed by atoms with Gasteiger partial charge in [-0.05, 0) is 49.3 Å². The number of amides is 1. The van der Waals surface area contributed by atoms with Crippen molar-refractivity contribution >= 4 is 16.8 Å².